The second-order valence-corrected chi connectivity index (χ2v) is 3.71. The average Bonchev–Trinajstić information content (AvgIpc) is 2.79. The maximum atomic E-state index is 10.9. The Morgan fingerprint density at radius 3 is 2.59 bits per heavy atom. The minimum atomic E-state index is -1.10. The van der Waals surface area contributed by atoms with Gasteiger partial charge in [-0.2, -0.15) is 0 Å². The largest absolute Gasteiger partial charge is 0.478 e. The number of aliphatic hydroxyl groups is 1. The molecule has 4 nitrogen and oxygen atoms in total. The van der Waals surface area contributed by atoms with Crippen molar-refractivity contribution in [3.63, 3.8) is 0 Å². The Morgan fingerprint density at radius 1 is 1.24 bits per heavy atom. The van der Waals surface area contributed by atoms with E-state index in [1.165, 1.54) is 12.3 Å². The van der Waals surface area contributed by atoms with Crippen molar-refractivity contribution in [2.24, 2.45) is 0 Å². The molecule has 0 amide bonds. The van der Waals surface area contributed by atoms with Crippen molar-refractivity contribution in [1.82, 2.24) is 0 Å². The van der Waals surface area contributed by atoms with Gasteiger partial charge in [0.2, 0.25) is 0 Å². The Balaban J connectivity index is 2.17. The van der Waals surface area contributed by atoms with E-state index in [0.717, 1.165) is 5.56 Å². The number of carbonyl (C=O) groups is 1. The Hall–Kier alpha value is -2.07. The van der Waals surface area contributed by atoms with Crippen LogP contribution in [-0.2, 0) is 6.42 Å². The van der Waals surface area contributed by atoms with Gasteiger partial charge in [-0.3, -0.25) is 0 Å². The number of furan rings is 1. The van der Waals surface area contributed by atoms with Crippen LogP contribution in [0.25, 0.3) is 0 Å². The highest BCUT2D eigenvalue weighted by molar-refractivity contribution is 5.88. The Labute approximate surface area is 98.1 Å². The second-order valence-electron chi connectivity index (χ2n) is 3.71. The highest BCUT2D eigenvalue weighted by Crippen LogP contribution is 2.22. The molecule has 1 heterocycles. The molecule has 2 rings (SSSR count). The van der Waals surface area contributed by atoms with E-state index in [-0.39, 0.29) is 11.3 Å². The van der Waals surface area contributed by atoms with E-state index in [2.05, 4.69) is 0 Å². The van der Waals surface area contributed by atoms with Crippen LogP contribution in [0.4, 0.5) is 0 Å². The molecule has 4 heteroatoms. The monoisotopic (exact) mass is 232 g/mol. The van der Waals surface area contributed by atoms with Gasteiger partial charge in [0.25, 0.3) is 0 Å². The first kappa shape index (κ1) is 11.4. The van der Waals surface area contributed by atoms with Crippen LogP contribution in [0.2, 0.25) is 0 Å². The van der Waals surface area contributed by atoms with Crippen LogP contribution >= 0.6 is 0 Å². The van der Waals surface area contributed by atoms with Gasteiger partial charge in [0.1, 0.15) is 17.4 Å². The molecule has 0 aliphatic heterocycles. The predicted molar refractivity (Wildman–Crippen MR) is 60.8 cm³/mol. The summed E-state index contributed by atoms with van der Waals surface area (Å²) in [6.45, 7) is 0. The number of carboxylic acids is 1. The smallest absolute Gasteiger partial charge is 0.339 e. The van der Waals surface area contributed by atoms with Gasteiger partial charge in [-0.15, -0.1) is 0 Å². The lowest BCUT2D eigenvalue weighted by atomic mass is 10.0. The summed E-state index contributed by atoms with van der Waals surface area (Å²) >= 11 is 0. The van der Waals surface area contributed by atoms with Crippen LogP contribution in [0.3, 0.4) is 0 Å². The van der Waals surface area contributed by atoms with Gasteiger partial charge in [-0.05, 0) is 11.6 Å². The summed E-state index contributed by atoms with van der Waals surface area (Å²) in [5, 5.41) is 18.8. The molecule has 2 N–H and O–H groups in total. The molecule has 0 bridgehead atoms. The molecule has 1 atom stereocenters. The Morgan fingerprint density at radius 2 is 1.94 bits per heavy atom. The molecular formula is C13H12O4. The summed E-state index contributed by atoms with van der Waals surface area (Å²) < 4.78 is 5.03. The van der Waals surface area contributed by atoms with E-state index >= 15 is 0 Å². The predicted octanol–water partition coefficient (Wildman–Crippen LogP) is 2.25. The molecule has 88 valence electrons. The third-order valence-electron chi connectivity index (χ3n) is 2.50. The van der Waals surface area contributed by atoms with Gasteiger partial charge in [0, 0.05) is 6.42 Å². The zero-order valence-electron chi connectivity index (χ0n) is 9.04. The molecule has 0 aliphatic rings. The molecule has 1 aromatic heterocycles. The molecule has 0 aliphatic carbocycles. The van der Waals surface area contributed by atoms with Gasteiger partial charge < -0.3 is 14.6 Å². The molecule has 1 unspecified atom stereocenters. The van der Waals surface area contributed by atoms with Gasteiger partial charge >= 0.3 is 5.97 Å². The van der Waals surface area contributed by atoms with Crippen LogP contribution in [0.5, 0.6) is 0 Å². The van der Waals surface area contributed by atoms with Crippen molar-refractivity contribution < 1.29 is 19.4 Å². The lowest BCUT2D eigenvalue weighted by molar-refractivity contribution is 0.0683. The SMILES string of the molecule is O=C(O)c1ccoc1C(O)Cc1ccccc1. The number of aliphatic hydroxyl groups excluding tert-OH is 1. The maximum absolute atomic E-state index is 10.9. The third-order valence-corrected chi connectivity index (χ3v) is 2.50. The van der Waals surface area contributed by atoms with Gasteiger partial charge in [-0.25, -0.2) is 4.79 Å². The van der Waals surface area contributed by atoms with Crippen LogP contribution in [0.15, 0.2) is 47.1 Å². The van der Waals surface area contributed by atoms with Crippen molar-refractivity contribution in [3.8, 4) is 0 Å². The van der Waals surface area contributed by atoms with Gasteiger partial charge in [-0.1, -0.05) is 30.3 Å². The number of hydrogen-bond acceptors (Lipinski definition) is 3. The quantitative estimate of drug-likeness (QED) is 0.848. The molecule has 0 saturated carbocycles. The summed E-state index contributed by atoms with van der Waals surface area (Å²) in [6.07, 6.45) is 0.653. The molecule has 0 fully saturated rings. The highest BCUT2D eigenvalue weighted by atomic mass is 16.4. The molecule has 0 radical (unpaired) electrons. The Bertz CT molecular complexity index is 501. The van der Waals surface area contributed by atoms with Gasteiger partial charge in [0.15, 0.2) is 0 Å². The first-order valence-electron chi connectivity index (χ1n) is 5.21. The summed E-state index contributed by atoms with van der Waals surface area (Å²) in [6, 6.07) is 10.7. The second kappa shape index (κ2) is 4.84. The van der Waals surface area contributed by atoms with Crippen LogP contribution in [0, 0.1) is 0 Å². The first-order valence-corrected chi connectivity index (χ1v) is 5.21. The van der Waals surface area contributed by atoms with E-state index in [4.69, 9.17) is 9.52 Å². The topological polar surface area (TPSA) is 70.7 Å². The normalized spacial score (nSPS) is 12.3. The maximum Gasteiger partial charge on any atom is 0.339 e. The van der Waals surface area contributed by atoms with Crippen molar-refractivity contribution in [1.29, 1.82) is 0 Å². The molecule has 1 aromatic carbocycles. The number of aromatic carboxylic acids is 1. The number of hydrogen-bond donors (Lipinski definition) is 2. The van der Waals surface area contributed by atoms with Crippen molar-refractivity contribution >= 4 is 5.97 Å². The molecule has 2 aromatic rings. The minimum Gasteiger partial charge on any atom is -0.478 e. The van der Waals surface area contributed by atoms with E-state index in [1.807, 2.05) is 30.3 Å². The zero-order valence-corrected chi connectivity index (χ0v) is 9.04. The van der Waals surface area contributed by atoms with E-state index < -0.39 is 12.1 Å². The van der Waals surface area contributed by atoms with E-state index in [1.54, 1.807) is 0 Å². The summed E-state index contributed by atoms with van der Waals surface area (Å²) in [4.78, 5) is 10.9. The lowest BCUT2D eigenvalue weighted by Gasteiger charge is -2.08. The van der Waals surface area contributed by atoms with E-state index in [0.29, 0.717) is 6.42 Å². The van der Waals surface area contributed by atoms with Crippen molar-refractivity contribution in [2.75, 3.05) is 0 Å². The summed E-state index contributed by atoms with van der Waals surface area (Å²) in [5.74, 6) is -0.998. The highest BCUT2D eigenvalue weighted by Gasteiger charge is 2.20. The number of carboxylic acid groups (broad SMARTS) is 1. The number of benzene rings is 1. The lowest BCUT2D eigenvalue weighted by Crippen LogP contribution is -2.06. The Kier molecular flexibility index (Phi) is 3.25. The fraction of sp³-hybridized carbons (Fsp3) is 0.154. The van der Waals surface area contributed by atoms with Gasteiger partial charge in [0.05, 0.1) is 6.26 Å². The number of rotatable bonds is 4. The molecular weight excluding hydrogens is 220 g/mol. The van der Waals surface area contributed by atoms with Crippen molar-refractivity contribution in [2.45, 2.75) is 12.5 Å². The molecule has 0 spiro atoms. The fourth-order valence-corrected chi connectivity index (χ4v) is 1.69. The van der Waals surface area contributed by atoms with Crippen LogP contribution in [-0.4, -0.2) is 16.2 Å². The first-order chi connectivity index (χ1) is 8.18. The standard InChI is InChI=1S/C13H12O4/c14-11(8-9-4-2-1-3-5-9)12-10(13(15)16)6-7-17-12/h1-7,11,14H,8H2,(H,15,16). The minimum absolute atomic E-state index is 0.00781. The summed E-state index contributed by atoms with van der Waals surface area (Å²) in [7, 11) is 0. The molecule has 0 saturated heterocycles. The zero-order chi connectivity index (χ0) is 12.3. The van der Waals surface area contributed by atoms with Crippen molar-refractivity contribution in [3.05, 3.63) is 59.5 Å². The van der Waals surface area contributed by atoms with Crippen LogP contribution in [0.1, 0.15) is 27.8 Å². The molecule has 17 heavy (non-hydrogen) atoms. The van der Waals surface area contributed by atoms with Crippen LogP contribution < -0.4 is 0 Å². The fourth-order valence-electron chi connectivity index (χ4n) is 1.69. The third kappa shape index (κ3) is 2.54. The van der Waals surface area contributed by atoms with E-state index in [9.17, 15) is 9.90 Å². The summed E-state index contributed by atoms with van der Waals surface area (Å²) in [5.41, 5.74) is 0.932. The average molecular weight is 232 g/mol.